The van der Waals surface area contributed by atoms with Gasteiger partial charge in [0, 0.05) is 18.2 Å². The zero-order valence-corrected chi connectivity index (χ0v) is 6.33. The smallest absolute Gasteiger partial charge is 0.0679 e. The Balaban J connectivity index is 2.69. The van der Waals surface area contributed by atoms with E-state index in [1.807, 2.05) is 6.08 Å². The standard InChI is InChI=1S/C8H13NO2/c9-8-2-6(4-10)1-7(3-8)5-11/h1-2,7,10-11H,3-5,9H2. The maximum atomic E-state index is 8.81. The molecule has 1 atom stereocenters. The monoisotopic (exact) mass is 155 g/mol. The SMILES string of the molecule is NC1=CC(CO)=CC(CO)C1. The Kier molecular flexibility index (Phi) is 2.68. The second kappa shape index (κ2) is 3.55. The topological polar surface area (TPSA) is 66.5 Å². The van der Waals surface area contributed by atoms with E-state index in [9.17, 15) is 0 Å². The maximum Gasteiger partial charge on any atom is 0.0679 e. The summed E-state index contributed by atoms with van der Waals surface area (Å²) in [4.78, 5) is 0. The molecule has 0 saturated carbocycles. The van der Waals surface area contributed by atoms with Gasteiger partial charge in [0.15, 0.2) is 0 Å². The van der Waals surface area contributed by atoms with Crippen LogP contribution in [-0.2, 0) is 0 Å². The van der Waals surface area contributed by atoms with Gasteiger partial charge in [0.05, 0.1) is 6.61 Å². The third-order valence-electron chi connectivity index (χ3n) is 1.74. The zero-order valence-electron chi connectivity index (χ0n) is 6.33. The van der Waals surface area contributed by atoms with Crippen LogP contribution < -0.4 is 5.73 Å². The molecule has 0 saturated heterocycles. The molecule has 1 aliphatic carbocycles. The first-order valence-electron chi connectivity index (χ1n) is 3.64. The highest BCUT2D eigenvalue weighted by Crippen LogP contribution is 2.18. The third-order valence-corrected chi connectivity index (χ3v) is 1.74. The van der Waals surface area contributed by atoms with Gasteiger partial charge in [-0.15, -0.1) is 0 Å². The molecule has 0 amide bonds. The molecule has 0 aromatic heterocycles. The minimum absolute atomic E-state index is 0.00278. The van der Waals surface area contributed by atoms with Gasteiger partial charge in [-0.2, -0.15) is 0 Å². The Labute approximate surface area is 65.8 Å². The van der Waals surface area contributed by atoms with Gasteiger partial charge in [0.1, 0.15) is 0 Å². The van der Waals surface area contributed by atoms with Crippen molar-refractivity contribution in [1.82, 2.24) is 0 Å². The third kappa shape index (κ3) is 2.06. The van der Waals surface area contributed by atoms with E-state index >= 15 is 0 Å². The number of hydrogen-bond donors (Lipinski definition) is 3. The van der Waals surface area contributed by atoms with E-state index in [0.29, 0.717) is 6.42 Å². The first-order chi connectivity index (χ1) is 5.26. The fourth-order valence-electron chi connectivity index (χ4n) is 1.23. The van der Waals surface area contributed by atoms with Gasteiger partial charge in [0.2, 0.25) is 0 Å². The number of aliphatic hydroxyl groups is 2. The summed E-state index contributed by atoms with van der Waals surface area (Å²) in [7, 11) is 0. The van der Waals surface area contributed by atoms with Crippen molar-refractivity contribution >= 4 is 0 Å². The normalized spacial score (nSPS) is 24.4. The average molecular weight is 155 g/mol. The zero-order chi connectivity index (χ0) is 8.27. The van der Waals surface area contributed by atoms with Crippen LogP contribution in [-0.4, -0.2) is 23.4 Å². The summed E-state index contributed by atoms with van der Waals surface area (Å²) in [6.07, 6.45) is 4.31. The number of nitrogens with two attached hydrogens (primary N) is 1. The highest BCUT2D eigenvalue weighted by Gasteiger charge is 2.11. The van der Waals surface area contributed by atoms with E-state index in [-0.39, 0.29) is 19.1 Å². The van der Waals surface area contributed by atoms with E-state index in [1.165, 1.54) is 0 Å². The predicted molar refractivity (Wildman–Crippen MR) is 42.6 cm³/mol. The molecule has 4 N–H and O–H groups in total. The first kappa shape index (κ1) is 8.30. The maximum absolute atomic E-state index is 8.81. The van der Waals surface area contributed by atoms with Crippen molar-refractivity contribution in [2.24, 2.45) is 11.7 Å². The van der Waals surface area contributed by atoms with Crippen molar-refractivity contribution in [2.45, 2.75) is 6.42 Å². The lowest BCUT2D eigenvalue weighted by Crippen LogP contribution is -2.14. The highest BCUT2D eigenvalue weighted by molar-refractivity contribution is 5.28. The number of hydrogen-bond acceptors (Lipinski definition) is 3. The summed E-state index contributed by atoms with van der Waals surface area (Å²) < 4.78 is 0. The van der Waals surface area contributed by atoms with E-state index < -0.39 is 0 Å². The van der Waals surface area contributed by atoms with E-state index in [4.69, 9.17) is 15.9 Å². The second-order valence-corrected chi connectivity index (χ2v) is 2.77. The lowest BCUT2D eigenvalue weighted by molar-refractivity contribution is 0.248. The van der Waals surface area contributed by atoms with Crippen molar-refractivity contribution in [3.05, 3.63) is 23.4 Å². The second-order valence-electron chi connectivity index (χ2n) is 2.77. The van der Waals surface area contributed by atoms with Gasteiger partial charge in [0.25, 0.3) is 0 Å². The van der Waals surface area contributed by atoms with Crippen LogP contribution in [0.15, 0.2) is 23.4 Å². The van der Waals surface area contributed by atoms with Crippen molar-refractivity contribution in [1.29, 1.82) is 0 Å². The number of aliphatic hydroxyl groups excluding tert-OH is 2. The van der Waals surface area contributed by atoms with Crippen LogP contribution >= 0.6 is 0 Å². The highest BCUT2D eigenvalue weighted by atomic mass is 16.3. The number of rotatable bonds is 2. The molecule has 0 bridgehead atoms. The van der Waals surface area contributed by atoms with Crippen LogP contribution in [0.25, 0.3) is 0 Å². The van der Waals surface area contributed by atoms with Crippen LogP contribution in [0.1, 0.15) is 6.42 Å². The van der Waals surface area contributed by atoms with Gasteiger partial charge in [-0.1, -0.05) is 6.08 Å². The molecule has 11 heavy (non-hydrogen) atoms. The number of allylic oxidation sites excluding steroid dienone is 1. The summed E-state index contributed by atoms with van der Waals surface area (Å²) in [6, 6.07) is 0. The molecule has 0 aliphatic heterocycles. The molecule has 3 nitrogen and oxygen atoms in total. The molecule has 0 fully saturated rings. The molecular formula is C8H13NO2. The molecule has 0 aromatic carbocycles. The van der Waals surface area contributed by atoms with Crippen molar-refractivity contribution in [2.75, 3.05) is 13.2 Å². The summed E-state index contributed by atoms with van der Waals surface area (Å²) >= 11 is 0. The molecule has 1 aliphatic rings. The first-order valence-corrected chi connectivity index (χ1v) is 3.64. The van der Waals surface area contributed by atoms with Crippen molar-refractivity contribution in [3.63, 3.8) is 0 Å². The van der Waals surface area contributed by atoms with Crippen LogP contribution in [0.4, 0.5) is 0 Å². The van der Waals surface area contributed by atoms with Gasteiger partial charge >= 0.3 is 0 Å². The molecular weight excluding hydrogens is 142 g/mol. The Morgan fingerprint density at radius 3 is 2.82 bits per heavy atom. The largest absolute Gasteiger partial charge is 0.402 e. The predicted octanol–water partition coefficient (Wildman–Crippen LogP) is -0.240. The fourth-order valence-corrected chi connectivity index (χ4v) is 1.23. The molecule has 0 radical (unpaired) electrons. The Bertz CT molecular complexity index is 196. The average Bonchev–Trinajstić information content (AvgIpc) is 2.03. The summed E-state index contributed by atoms with van der Waals surface area (Å²) in [5.74, 6) is 0.0853. The summed E-state index contributed by atoms with van der Waals surface area (Å²) in [6.45, 7) is 0.0925. The van der Waals surface area contributed by atoms with E-state index in [1.54, 1.807) is 6.08 Å². The quantitative estimate of drug-likeness (QED) is 0.515. The Morgan fingerprint density at radius 2 is 2.27 bits per heavy atom. The minimum Gasteiger partial charge on any atom is -0.402 e. The molecule has 0 heterocycles. The Morgan fingerprint density at radius 1 is 1.55 bits per heavy atom. The van der Waals surface area contributed by atoms with Crippen molar-refractivity contribution < 1.29 is 10.2 Å². The van der Waals surface area contributed by atoms with Crippen LogP contribution in [0.2, 0.25) is 0 Å². The van der Waals surface area contributed by atoms with Crippen molar-refractivity contribution in [3.8, 4) is 0 Å². The fraction of sp³-hybridized carbons (Fsp3) is 0.500. The van der Waals surface area contributed by atoms with Crippen LogP contribution in [0.5, 0.6) is 0 Å². The lowest BCUT2D eigenvalue weighted by Gasteiger charge is -2.16. The molecule has 3 heteroatoms. The molecule has 1 rings (SSSR count). The van der Waals surface area contributed by atoms with E-state index in [0.717, 1.165) is 11.3 Å². The Hall–Kier alpha value is -0.800. The van der Waals surface area contributed by atoms with Crippen LogP contribution in [0, 0.1) is 5.92 Å². The van der Waals surface area contributed by atoms with Gasteiger partial charge in [-0.25, -0.2) is 0 Å². The molecule has 0 aromatic rings. The minimum atomic E-state index is -0.00278. The van der Waals surface area contributed by atoms with Gasteiger partial charge in [-0.3, -0.25) is 0 Å². The van der Waals surface area contributed by atoms with E-state index in [2.05, 4.69) is 0 Å². The van der Waals surface area contributed by atoms with Gasteiger partial charge in [-0.05, 0) is 18.1 Å². The summed E-state index contributed by atoms with van der Waals surface area (Å²) in [5.41, 5.74) is 7.10. The summed E-state index contributed by atoms with van der Waals surface area (Å²) in [5, 5.41) is 17.6. The lowest BCUT2D eigenvalue weighted by atomic mass is 9.95. The van der Waals surface area contributed by atoms with Gasteiger partial charge < -0.3 is 15.9 Å². The van der Waals surface area contributed by atoms with Crippen LogP contribution in [0.3, 0.4) is 0 Å². The molecule has 0 spiro atoms. The molecule has 62 valence electrons. The molecule has 1 unspecified atom stereocenters.